The highest BCUT2D eigenvalue weighted by Gasteiger charge is 2.26. The molecule has 0 radical (unpaired) electrons. The van der Waals surface area contributed by atoms with Crippen molar-refractivity contribution in [2.45, 2.75) is 206 Å². The molecule has 55 heavy (non-hydrogen) atoms. The van der Waals surface area contributed by atoms with Gasteiger partial charge in [0.1, 0.15) is 19.8 Å². The summed E-state index contributed by atoms with van der Waals surface area (Å²) in [6, 6.07) is 0. The highest BCUT2D eigenvalue weighted by molar-refractivity contribution is 7.47. The fourth-order valence-corrected chi connectivity index (χ4v) is 6.94. The lowest BCUT2D eigenvalue weighted by Crippen LogP contribution is -2.37. The Labute approximate surface area is 340 Å². The van der Waals surface area contributed by atoms with Crippen molar-refractivity contribution < 1.29 is 37.3 Å². The van der Waals surface area contributed by atoms with Gasteiger partial charge in [-0.3, -0.25) is 13.8 Å². The first-order valence-corrected chi connectivity index (χ1v) is 24.3. The molecule has 0 rings (SSSR count). The molecule has 0 spiro atoms. The van der Waals surface area contributed by atoms with Gasteiger partial charge in [-0.1, -0.05) is 167 Å². The zero-order valence-electron chi connectivity index (χ0n) is 36.7. The number of quaternary nitrogens is 1. The number of hydrogen-bond acceptors (Lipinski definition) is 6. The van der Waals surface area contributed by atoms with Crippen molar-refractivity contribution in [3.63, 3.8) is 0 Å². The molecular weight excluding hydrogens is 709 g/mol. The number of allylic oxidation sites excluding steroid dienone is 5. The molecule has 0 bridgehead atoms. The van der Waals surface area contributed by atoms with Crippen LogP contribution < -0.4 is 0 Å². The van der Waals surface area contributed by atoms with E-state index >= 15 is 0 Å². The van der Waals surface area contributed by atoms with Gasteiger partial charge in [-0.2, -0.15) is 0 Å². The van der Waals surface area contributed by atoms with Crippen LogP contribution in [-0.2, 0) is 27.9 Å². The van der Waals surface area contributed by atoms with Gasteiger partial charge >= 0.3 is 13.8 Å². The minimum Gasteiger partial charge on any atom is -0.498 e. The van der Waals surface area contributed by atoms with Gasteiger partial charge < -0.3 is 18.9 Å². The Hall–Kier alpha value is -1.44. The summed E-state index contributed by atoms with van der Waals surface area (Å²) in [5.74, 6) is -0.343. The van der Waals surface area contributed by atoms with Crippen LogP contribution in [0.4, 0.5) is 0 Å². The monoisotopic (exact) mass is 799 g/mol. The number of carbonyl (C=O) groups excluding carboxylic acids is 1. The molecule has 0 aromatic carbocycles. The second kappa shape index (κ2) is 39.4. The Morgan fingerprint density at radius 2 is 1.02 bits per heavy atom. The largest absolute Gasteiger partial charge is 0.498 e. The molecule has 0 aliphatic rings. The van der Waals surface area contributed by atoms with Gasteiger partial charge in [-0.05, 0) is 57.4 Å². The van der Waals surface area contributed by atoms with E-state index in [4.69, 9.17) is 18.5 Å². The first-order valence-electron chi connectivity index (χ1n) is 22.8. The molecule has 0 aliphatic heterocycles. The highest BCUT2D eigenvalue weighted by Crippen LogP contribution is 2.43. The first kappa shape index (κ1) is 53.6. The number of phosphoric acid groups is 1. The summed E-state index contributed by atoms with van der Waals surface area (Å²) in [5.41, 5.74) is 0. The maximum Gasteiger partial charge on any atom is 0.472 e. The molecule has 0 aromatic rings. The summed E-state index contributed by atoms with van der Waals surface area (Å²) in [5, 5.41) is 0. The number of rotatable bonds is 42. The third-order valence-electron chi connectivity index (χ3n) is 9.77. The predicted molar refractivity (Wildman–Crippen MR) is 233 cm³/mol. The molecule has 1 unspecified atom stereocenters. The Morgan fingerprint density at radius 3 is 1.53 bits per heavy atom. The summed E-state index contributed by atoms with van der Waals surface area (Å²) in [6.07, 6.45) is 47.0. The number of unbranched alkanes of at least 4 members (excludes halogenated alkanes) is 24. The van der Waals surface area contributed by atoms with E-state index in [1.807, 2.05) is 27.2 Å². The smallest absolute Gasteiger partial charge is 0.472 e. The number of phosphoric ester groups is 1. The van der Waals surface area contributed by atoms with E-state index < -0.39 is 13.9 Å². The average Bonchev–Trinajstić information content (AvgIpc) is 3.13. The molecule has 0 fully saturated rings. The number of ether oxygens (including phenoxy) is 2. The number of nitrogens with zero attached hydrogens (tertiary/aromatic N) is 1. The van der Waals surface area contributed by atoms with E-state index in [-0.39, 0.29) is 25.8 Å². The molecule has 2 atom stereocenters. The Bertz CT molecular complexity index is 978. The van der Waals surface area contributed by atoms with Crippen LogP contribution in [-0.4, -0.2) is 69.0 Å². The minimum atomic E-state index is -4.29. The lowest BCUT2D eigenvalue weighted by molar-refractivity contribution is -0.870. The molecule has 0 amide bonds. The van der Waals surface area contributed by atoms with Crippen LogP contribution in [0.1, 0.15) is 200 Å². The Kier molecular flexibility index (Phi) is 38.4. The molecule has 0 aromatic heterocycles. The Balaban J connectivity index is 4.27. The van der Waals surface area contributed by atoms with E-state index in [0.29, 0.717) is 17.4 Å². The molecule has 8 nitrogen and oxygen atoms in total. The fourth-order valence-electron chi connectivity index (χ4n) is 6.20. The van der Waals surface area contributed by atoms with Crippen molar-refractivity contribution in [3.8, 4) is 0 Å². The van der Waals surface area contributed by atoms with Crippen molar-refractivity contribution in [3.05, 3.63) is 36.6 Å². The normalized spacial score (nSPS) is 14.0. The third-order valence-corrected chi connectivity index (χ3v) is 10.8. The quantitative estimate of drug-likeness (QED) is 0.0164. The zero-order chi connectivity index (χ0) is 40.6. The van der Waals surface area contributed by atoms with Gasteiger partial charge in [-0.25, -0.2) is 4.57 Å². The van der Waals surface area contributed by atoms with Gasteiger partial charge in [0.25, 0.3) is 0 Å². The molecule has 0 saturated carbocycles. The van der Waals surface area contributed by atoms with Crippen molar-refractivity contribution in [2.24, 2.45) is 0 Å². The molecular formula is C46H89NO7P+. The standard InChI is InChI=1S/C46H88NO7P/c1-6-8-10-12-14-16-18-20-22-24-25-27-29-31-33-35-37-39-46(48)54-45(44-53-55(49,50)52-42-40-47(3,4)5)43-51-41-38-36-34-32-30-28-26-23-21-19-17-15-13-11-9-7-2/h14,16,20,22,38,41,45H,6-13,15,17-19,21,23-37,39-40,42-44H2,1-5H3/p+1/b16-14-,22-20-,41-38-/t45-/m1/s1. The molecule has 1 N–H and O–H groups in total. The second-order valence-electron chi connectivity index (χ2n) is 16.5. The van der Waals surface area contributed by atoms with Gasteiger partial charge in [0.15, 0.2) is 6.10 Å². The lowest BCUT2D eigenvalue weighted by Gasteiger charge is -2.24. The molecule has 0 saturated heterocycles. The predicted octanol–water partition coefficient (Wildman–Crippen LogP) is 13.7. The maximum absolute atomic E-state index is 12.7. The number of esters is 1. The van der Waals surface area contributed by atoms with Crippen molar-refractivity contribution >= 4 is 13.8 Å². The SMILES string of the molecule is CCCCC/C=C\C/C=C\CCCCCCCCCC(=O)O[C@H](CO/C=C\CCCCCCCCCCCCCCCC)COP(=O)(O)OCC[N+](C)(C)C. The van der Waals surface area contributed by atoms with Crippen LogP contribution in [0.25, 0.3) is 0 Å². The molecule has 324 valence electrons. The minimum absolute atomic E-state index is 0.0464. The molecule has 9 heteroatoms. The summed E-state index contributed by atoms with van der Waals surface area (Å²) < 4.78 is 34.8. The van der Waals surface area contributed by atoms with Crippen molar-refractivity contribution in [2.75, 3.05) is 47.5 Å². The summed E-state index contributed by atoms with van der Waals surface area (Å²) >= 11 is 0. The van der Waals surface area contributed by atoms with E-state index in [1.165, 1.54) is 135 Å². The topological polar surface area (TPSA) is 91.3 Å². The van der Waals surface area contributed by atoms with Crippen LogP contribution >= 0.6 is 7.82 Å². The zero-order valence-corrected chi connectivity index (χ0v) is 37.6. The molecule has 0 heterocycles. The maximum atomic E-state index is 12.7. The highest BCUT2D eigenvalue weighted by atomic mass is 31.2. The van der Waals surface area contributed by atoms with Crippen LogP contribution in [0.3, 0.4) is 0 Å². The van der Waals surface area contributed by atoms with Gasteiger partial charge in [-0.15, -0.1) is 0 Å². The van der Waals surface area contributed by atoms with E-state index in [2.05, 4.69) is 38.2 Å². The summed E-state index contributed by atoms with van der Waals surface area (Å²) in [4.78, 5) is 22.9. The van der Waals surface area contributed by atoms with Gasteiger partial charge in [0.2, 0.25) is 0 Å². The lowest BCUT2D eigenvalue weighted by atomic mass is 10.0. The van der Waals surface area contributed by atoms with Gasteiger partial charge in [0.05, 0.1) is 34.0 Å². The average molecular weight is 799 g/mol. The summed E-state index contributed by atoms with van der Waals surface area (Å²) in [6.45, 7) is 4.91. The van der Waals surface area contributed by atoms with E-state index in [1.54, 1.807) is 6.26 Å². The van der Waals surface area contributed by atoms with Crippen molar-refractivity contribution in [1.29, 1.82) is 0 Å². The van der Waals surface area contributed by atoms with Crippen LogP contribution in [0.5, 0.6) is 0 Å². The number of likely N-dealkylation sites (N-methyl/N-ethyl adjacent to an activating group) is 1. The van der Waals surface area contributed by atoms with Crippen LogP contribution in [0, 0.1) is 0 Å². The van der Waals surface area contributed by atoms with Crippen LogP contribution in [0.2, 0.25) is 0 Å². The number of hydrogen-bond donors (Lipinski definition) is 1. The second-order valence-corrected chi connectivity index (χ2v) is 18.0. The number of carbonyl (C=O) groups is 1. The summed E-state index contributed by atoms with van der Waals surface area (Å²) in [7, 11) is 1.63. The Morgan fingerprint density at radius 1 is 0.582 bits per heavy atom. The van der Waals surface area contributed by atoms with Crippen molar-refractivity contribution in [1.82, 2.24) is 0 Å². The van der Waals surface area contributed by atoms with Crippen LogP contribution in [0.15, 0.2) is 36.6 Å². The van der Waals surface area contributed by atoms with E-state index in [0.717, 1.165) is 44.9 Å². The van der Waals surface area contributed by atoms with E-state index in [9.17, 15) is 14.3 Å². The first-order chi connectivity index (χ1) is 26.6. The van der Waals surface area contributed by atoms with Gasteiger partial charge in [0, 0.05) is 6.42 Å². The third kappa shape index (κ3) is 43.5. The fraction of sp³-hybridized carbons (Fsp3) is 0.848. The molecule has 0 aliphatic carbocycles.